The van der Waals surface area contributed by atoms with Crippen LogP contribution < -0.4 is 5.56 Å². The first kappa shape index (κ1) is 13.6. The maximum atomic E-state index is 12.4. The van der Waals surface area contributed by atoms with Crippen LogP contribution in [0.3, 0.4) is 0 Å². The van der Waals surface area contributed by atoms with E-state index in [9.17, 15) is 4.79 Å². The van der Waals surface area contributed by atoms with E-state index in [1.165, 1.54) is 0 Å². The number of benzene rings is 1. The highest BCUT2D eigenvalue weighted by atomic mass is 16.1. The van der Waals surface area contributed by atoms with Crippen molar-refractivity contribution >= 4 is 16.8 Å². The Balaban J connectivity index is 1.99. The average molecular weight is 306 g/mol. The van der Waals surface area contributed by atoms with Gasteiger partial charge in [-0.3, -0.25) is 9.36 Å². The van der Waals surface area contributed by atoms with Gasteiger partial charge in [0.05, 0.1) is 6.20 Å². The lowest BCUT2D eigenvalue weighted by Crippen LogP contribution is -2.22. The maximum Gasteiger partial charge on any atom is 0.283 e. The van der Waals surface area contributed by atoms with Gasteiger partial charge in [-0.2, -0.15) is 9.61 Å². The Morgan fingerprint density at radius 3 is 2.70 bits per heavy atom. The van der Waals surface area contributed by atoms with Crippen molar-refractivity contribution in [1.29, 1.82) is 0 Å². The molecule has 23 heavy (non-hydrogen) atoms. The fourth-order valence-electron chi connectivity index (χ4n) is 2.62. The molecule has 1 aromatic carbocycles. The van der Waals surface area contributed by atoms with Crippen LogP contribution in [0.5, 0.6) is 0 Å². The summed E-state index contributed by atoms with van der Waals surface area (Å²) in [4.78, 5) is 16.8. The number of nitrogens with zero attached hydrogens (tertiary/aromatic N) is 6. The van der Waals surface area contributed by atoms with E-state index < -0.39 is 0 Å². The van der Waals surface area contributed by atoms with Crippen LogP contribution in [-0.2, 0) is 6.54 Å². The molecule has 0 atom stereocenters. The van der Waals surface area contributed by atoms with E-state index in [2.05, 4.69) is 20.3 Å². The molecule has 7 nitrogen and oxygen atoms in total. The molecule has 0 amide bonds. The summed E-state index contributed by atoms with van der Waals surface area (Å²) in [7, 11) is 0. The zero-order valence-corrected chi connectivity index (χ0v) is 12.5. The first-order valence-electron chi connectivity index (χ1n) is 7.44. The second-order valence-electron chi connectivity index (χ2n) is 5.28. The molecule has 0 unspecified atom stereocenters. The summed E-state index contributed by atoms with van der Waals surface area (Å²) in [5.74, 6) is 0. The predicted molar refractivity (Wildman–Crippen MR) is 86.1 cm³/mol. The number of aryl methyl sites for hydroxylation is 1. The molecule has 0 aliphatic rings. The molecule has 0 radical (unpaired) electrons. The highest BCUT2D eigenvalue weighted by Gasteiger charge is 2.14. The molecule has 0 saturated heterocycles. The summed E-state index contributed by atoms with van der Waals surface area (Å²) in [5.41, 5.74) is 2.91. The number of fused-ring (bicyclic) bond motifs is 3. The van der Waals surface area contributed by atoms with Gasteiger partial charge in [0, 0.05) is 12.1 Å². The van der Waals surface area contributed by atoms with Crippen molar-refractivity contribution in [3.63, 3.8) is 0 Å². The van der Waals surface area contributed by atoms with E-state index in [0.717, 1.165) is 17.5 Å². The third kappa shape index (κ3) is 2.09. The zero-order valence-electron chi connectivity index (χ0n) is 12.5. The van der Waals surface area contributed by atoms with E-state index in [-0.39, 0.29) is 11.1 Å². The highest BCUT2D eigenvalue weighted by Crippen LogP contribution is 2.23. The van der Waals surface area contributed by atoms with E-state index >= 15 is 0 Å². The summed E-state index contributed by atoms with van der Waals surface area (Å²) < 4.78 is 3.12. The smallest absolute Gasteiger partial charge is 0.283 e. The molecule has 114 valence electrons. The first-order chi connectivity index (χ1) is 11.3. The molecule has 0 N–H and O–H groups in total. The molecule has 0 fully saturated rings. The number of hydrogen-bond donors (Lipinski definition) is 0. The van der Waals surface area contributed by atoms with Crippen LogP contribution in [0, 0.1) is 0 Å². The lowest BCUT2D eigenvalue weighted by Gasteiger charge is -2.04. The molecule has 4 rings (SSSR count). The predicted octanol–water partition coefficient (Wildman–Crippen LogP) is 1.91. The van der Waals surface area contributed by atoms with Gasteiger partial charge in [0.2, 0.25) is 0 Å². The second kappa shape index (κ2) is 5.28. The van der Waals surface area contributed by atoms with Crippen LogP contribution in [0.25, 0.3) is 27.9 Å². The van der Waals surface area contributed by atoms with Gasteiger partial charge in [-0.05, 0) is 12.0 Å². The molecule has 0 saturated carbocycles. The zero-order chi connectivity index (χ0) is 15.8. The highest BCUT2D eigenvalue weighted by molar-refractivity contribution is 5.80. The third-order valence-corrected chi connectivity index (χ3v) is 3.73. The van der Waals surface area contributed by atoms with Crippen molar-refractivity contribution in [3.05, 3.63) is 53.2 Å². The molecule has 0 spiro atoms. The van der Waals surface area contributed by atoms with Crippen LogP contribution in [0.2, 0.25) is 0 Å². The summed E-state index contributed by atoms with van der Waals surface area (Å²) in [6.07, 6.45) is 4.11. The van der Waals surface area contributed by atoms with Gasteiger partial charge in [-0.15, -0.1) is 10.2 Å². The third-order valence-electron chi connectivity index (χ3n) is 3.73. The molecular weight excluding hydrogens is 292 g/mol. The molecule has 4 aromatic rings. The Morgan fingerprint density at radius 2 is 1.91 bits per heavy atom. The number of rotatable bonds is 3. The molecule has 3 aromatic heterocycles. The minimum Gasteiger partial charge on any atom is -0.297 e. The van der Waals surface area contributed by atoms with E-state index in [1.807, 2.05) is 37.3 Å². The Morgan fingerprint density at radius 1 is 1.09 bits per heavy atom. The van der Waals surface area contributed by atoms with Gasteiger partial charge in [0.1, 0.15) is 6.33 Å². The minimum atomic E-state index is -0.192. The van der Waals surface area contributed by atoms with Crippen molar-refractivity contribution in [3.8, 4) is 11.1 Å². The molecule has 0 aliphatic heterocycles. The fourth-order valence-corrected chi connectivity index (χ4v) is 2.62. The molecular formula is C16H14N6O. The first-order valence-corrected chi connectivity index (χ1v) is 7.44. The van der Waals surface area contributed by atoms with Gasteiger partial charge < -0.3 is 0 Å². The summed E-state index contributed by atoms with van der Waals surface area (Å²) in [5, 5.41) is 12.7. The Labute approximate surface area is 131 Å². The van der Waals surface area contributed by atoms with E-state index in [4.69, 9.17) is 0 Å². The summed E-state index contributed by atoms with van der Waals surface area (Å²) >= 11 is 0. The maximum absolute atomic E-state index is 12.4. The van der Waals surface area contributed by atoms with Gasteiger partial charge >= 0.3 is 0 Å². The van der Waals surface area contributed by atoms with Crippen LogP contribution in [0.1, 0.15) is 13.3 Å². The van der Waals surface area contributed by atoms with Crippen molar-refractivity contribution in [2.75, 3.05) is 0 Å². The number of aromatic nitrogens is 6. The fraction of sp³-hybridized carbons (Fsp3) is 0.188. The van der Waals surface area contributed by atoms with Crippen LogP contribution in [-0.4, -0.2) is 29.4 Å². The monoisotopic (exact) mass is 306 g/mol. The minimum absolute atomic E-state index is 0.192. The number of hydrogen-bond acceptors (Lipinski definition) is 5. The quantitative estimate of drug-likeness (QED) is 0.578. The van der Waals surface area contributed by atoms with Gasteiger partial charge in [0.25, 0.3) is 5.56 Å². The largest absolute Gasteiger partial charge is 0.297 e. The molecule has 7 heteroatoms. The lowest BCUT2D eigenvalue weighted by atomic mass is 10.1. The molecule has 3 heterocycles. The van der Waals surface area contributed by atoms with Gasteiger partial charge in [-0.25, -0.2) is 4.98 Å². The van der Waals surface area contributed by atoms with Crippen molar-refractivity contribution in [1.82, 2.24) is 29.4 Å². The van der Waals surface area contributed by atoms with Crippen molar-refractivity contribution < 1.29 is 0 Å². The Bertz CT molecular complexity index is 1050. The summed E-state index contributed by atoms with van der Waals surface area (Å²) in [6, 6.07) is 9.82. The van der Waals surface area contributed by atoms with Crippen molar-refractivity contribution in [2.45, 2.75) is 19.9 Å². The SMILES string of the molecule is CCCn1cnc2c(nnc3c(-c4ccccc4)cnn32)c1=O. The average Bonchev–Trinajstić information content (AvgIpc) is 3.02. The Kier molecular flexibility index (Phi) is 3.11. The Hall–Kier alpha value is -3.09. The van der Waals surface area contributed by atoms with Gasteiger partial charge in [0.15, 0.2) is 16.8 Å². The normalized spacial score (nSPS) is 11.3. The topological polar surface area (TPSA) is 78.0 Å². The lowest BCUT2D eigenvalue weighted by molar-refractivity contribution is 0.643. The van der Waals surface area contributed by atoms with E-state index in [1.54, 1.807) is 21.6 Å². The molecule has 0 bridgehead atoms. The second-order valence-corrected chi connectivity index (χ2v) is 5.28. The van der Waals surface area contributed by atoms with Gasteiger partial charge in [-0.1, -0.05) is 37.3 Å². The van der Waals surface area contributed by atoms with Crippen LogP contribution in [0.4, 0.5) is 0 Å². The van der Waals surface area contributed by atoms with Crippen LogP contribution >= 0.6 is 0 Å². The van der Waals surface area contributed by atoms with Crippen molar-refractivity contribution in [2.24, 2.45) is 0 Å². The van der Waals surface area contributed by atoms with Crippen LogP contribution in [0.15, 0.2) is 47.7 Å². The molecule has 0 aliphatic carbocycles. The van der Waals surface area contributed by atoms with E-state index in [0.29, 0.717) is 17.8 Å². The standard InChI is InChI=1S/C16H14N6O/c1-2-8-21-10-17-15-13(16(21)23)19-20-14-12(9-18-22(14)15)11-6-4-3-5-7-11/h3-7,9-10H,2,8H2,1H3. The summed E-state index contributed by atoms with van der Waals surface area (Å²) in [6.45, 7) is 2.61.